The van der Waals surface area contributed by atoms with E-state index >= 15 is 0 Å². The van der Waals surface area contributed by atoms with Gasteiger partial charge < -0.3 is 24.7 Å². The number of fused-ring (bicyclic) bond motifs is 2. The first-order valence-corrected chi connectivity index (χ1v) is 9.36. The van der Waals surface area contributed by atoms with E-state index in [2.05, 4.69) is 16.0 Å². The van der Waals surface area contributed by atoms with Gasteiger partial charge in [-0.15, -0.1) is 0 Å². The molecule has 7 nitrogen and oxygen atoms in total. The summed E-state index contributed by atoms with van der Waals surface area (Å²) in [4.78, 5) is 8.91. The highest BCUT2D eigenvalue weighted by Gasteiger charge is 2.17. The van der Waals surface area contributed by atoms with E-state index in [1.807, 2.05) is 48.5 Å². The van der Waals surface area contributed by atoms with Gasteiger partial charge in [0, 0.05) is 10.9 Å². The van der Waals surface area contributed by atoms with E-state index < -0.39 is 0 Å². The summed E-state index contributed by atoms with van der Waals surface area (Å²) in [5, 5.41) is 0.885. The van der Waals surface area contributed by atoms with Crippen molar-refractivity contribution in [1.29, 1.82) is 0 Å². The summed E-state index contributed by atoms with van der Waals surface area (Å²) in [6, 6.07) is 17.5. The Bertz CT molecular complexity index is 1270. The normalized spacial score (nSPS) is 12.2. The summed E-state index contributed by atoms with van der Waals surface area (Å²) in [5.74, 6) is 2.97. The first-order valence-electron chi connectivity index (χ1n) is 9.36. The summed E-state index contributed by atoms with van der Waals surface area (Å²) < 4.78 is 21.7. The van der Waals surface area contributed by atoms with Gasteiger partial charge in [0.2, 0.25) is 12.7 Å². The molecule has 0 atom stereocenters. The average Bonchev–Trinajstić information content (AvgIpc) is 3.25. The van der Waals surface area contributed by atoms with Gasteiger partial charge in [-0.3, -0.25) is 0 Å². The van der Waals surface area contributed by atoms with Crippen molar-refractivity contribution in [3.05, 3.63) is 54.6 Å². The topological polar surface area (TPSA) is 88.7 Å². The Balaban J connectivity index is 1.67. The van der Waals surface area contributed by atoms with Gasteiger partial charge in [-0.25, -0.2) is 9.97 Å². The van der Waals surface area contributed by atoms with Crippen molar-refractivity contribution >= 4 is 16.9 Å². The van der Waals surface area contributed by atoms with Crippen molar-refractivity contribution in [2.24, 2.45) is 0 Å². The fourth-order valence-corrected chi connectivity index (χ4v) is 3.61. The number of nitrogens with two attached hydrogens (primary N) is 1. The fraction of sp³-hybridized carbons (Fsp3) is 0.130. The van der Waals surface area contributed by atoms with Crippen LogP contribution >= 0.6 is 0 Å². The lowest BCUT2D eigenvalue weighted by molar-refractivity contribution is 0.174. The standard InChI is InChI=1S/C23H19N3O4/c1-27-18-7-4-14(10-20(18)28-2)13-3-6-17-16(9-13)22(26-23(24)25-17)15-5-8-19-21(11-15)30-12-29-19/h3-11H,12H2,1-2H3,(H2,24,25,26). The van der Waals surface area contributed by atoms with Crippen molar-refractivity contribution in [3.63, 3.8) is 0 Å². The number of hydrogen-bond donors (Lipinski definition) is 1. The number of methoxy groups -OCH3 is 2. The van der Waals surface area contributed by atoms with Gasteiger partial charge in [0.15, 0.2) is 23.0 Å². The Morgan fingerprint density at radius 2 is 1.50 bits per heavy atom. The van der Waals surface area contributed by atoms with Crippen LogP contribution in [0.5, 0.6) is 23.0 Å². The van der Waals surface area contributed by atoms with Gasteiger partial charge in [0.05, 0.1) is 25.4 Å². The molecule has 30 heavy (non-hydrogen) atoms. The maximum absolute atomic E-state index is 5.99. The van der Waals surface area contributed by atoms with Crippen LogP contribution in [0.25, 0.3) is 33.3 Å². The number of nitrogens with zero attached hydrogens (tertiary/aromatic N) is 2. The molecule has 4 aromatic rings. The number of benzene rings is 3. The van der Waals surface area contributed by atoms with Gasteiger partial charge in [-0.2, -0.15) is 0 Å². The highest BCUT2D eigenvalue weighted by molar-refractivity contribution is 5.96. The van der Waals surface area contributed by atoms with Crippen LogP contribution in [-0.2, 0) is 0 Å². The molecule has 0 bridgehead atoms. The molecule has 2 heterocycles. The highest BCUT2D eigenvalue weighted by Crippen LogP contribution is 2.39. The van der Waals surface area contributed by atoms with Crippen LogP contribution in [0.3, 0.4) is 0 Å². The van der Waals surface area contributed by atoms with E-state index in [9.17, 15) is 0 Å². The molecule has 1 aliphatic rings. The van der Waals surface area contributed by atoms with Crippen molar-refractivity contribution < 1.29 is 18.9 Å². The van der Waals surface area contributed by atoms with Crippen molar-refractivity contribution in [1.82, 2.24) is 9.97 Å². The Labute approximate surface area is 173 Å². The summed E-state index contributed by atoms with van der Waals surface area (Å²) in [6.45, 7) is 0.217. The van der Waals surface area contributed by atoms with Gasteiger partial charge >= 0.3 is 0 Å². The molecule has 3 aromatic carbocycles. The average molecular weight is 401 g/mol. The minimum absolute atomic E-state index is 0.217. The molecule has 0 amide bonds. The molecule has 2 N–H and O–H groups in total. The Kier molecular flexibility index (Phi) is 4.28. The zero-order valence-electron chi connectivity index (χ0n) is 16.5. The molecule has 5 rings (SSSR count). The monoisotopic (exact) mass is 401 g/mol. The van der Waals surface area contributed by atoms with Crippen LogP contribution in [0.15, 0.2) is 54.6 Å². The molecule has 1 aromatic heterocycles. The van der Waals surface area contributed by atoms with Crippen molar-refractivity contribution in [2.45, 2.75) is 0 Å². The second kappa shape index (κ2) is 7.11. The SMILES string of the molecule is COc1ccc(-c2ccc3nc(N)nc(-c4ccc5c(c4)OCO5)c3c2)cc1OC. The second-order valence-electron chi connectivity index (χ2n) is 6.80. The van der Waals surface area contributed by atoms with Crippen molar-refractivity contribution in [3.8, 4) is 45.4 Å². The lowest BCUT2D eigenvalue weighted by Crippen LogP contribution is -1.98. The third-order valence-electron chi connectivity index (χ3n) is 5.08. The maximum atomic E-state index is 5.99. The number of nitrogen functional groups attached to an aromatic ring is 1. The number of ether oxygens (including phenoxy) is 4. The van der Waals surface area contributed by atoms with Crippen molar-refractivity contribution in [2.75, 3.05) is 26.7 Å². The first kappa shape index (κ1) is 18.1. The minimum atomic E-state index is 0.217. The Morgan fingerprint density at radius 3 is 2.33 bits per heavy atom. The molecule has 0 spiro atoms. The van der Waals surface area contributed by atoms with Gasteiger partial charge in [0.1, 0.15) is 0 Å². The van der Waals surface area contributed by atoms with E-state index in [1.165, 1.54) is 0 Å². The first-order chi connectivity index (χ1) is 14.7. The summed E-state index contributed by atoms with van der Waals surface area (Å²) in [7, 11) is 3.24. The molecule has 0 radical (unpaired) electrons. The molecule has 7 heteroatoms. The molecule has 0 saturated heterocycles. The predicted molar refractivity (Wildman–Crippen MR) is 114 cm³/mol. The zero-order valence-corrected chi connectivity index (χ0v) is 16.5. The van der Waals surface area contributed by atoms with Gasteiger partial charge in [-0.05, 0) is 53.6 Å². The Morgan fingerprint density at radius 1 is 0.767 bits per heavy atom. The van der Waals surface area contributed by atoms with Gasteiger partial charge in [0.25, 0.3) is 0 Å². The summed E-state index contributed by atoms with van der Waals surface area (Å²) >= 11 is 0. The zero-order chi connectivity index (χ0) is 20.7. The quantitative estimate of drug-likeness (QED) is 0.546. The number of anilines is 1. The predicted octanol–water partition coefficient (Wildman–Crippen LogP) is 4.29. The van der Waals surface area contributed by atoms with Crippen LogP contribution in [0.2, 0.25) is 0 Å². The third kappa shape index (κ3) is 3.00. The van der Waals surface area contributed by atoms with Gasteiger partial charge in [-0.1, -0.05) is 12.1 Å². The summed E-state index contributed by atoms with van der Waals surface area (Å²) in [6.07, 6.45) is 0. The lowest BCUT2D eigenvalue weighted by atomic mass is 9.99. The largest absolute Gasteiger partial charge is 0.493 e. The third-order valence-corrected chi connectivity index (χ3v) is 5.08. The molecule has 150 valence electrons. The molecule has 0 fully saturated rings. The molecule has 0 unspecified atom stereocenters. The fourth-order valence-electron chi connectivity index (χ4n) is 3.61. The van der Waals surface area contributed by atoms with E-state index in [0.29, 0.717) is 17.2 Å². The number of hydrogen-bond acceptors (Lipinski definition) is 7. The Hall–Kier alpha value is -4.00. The molecular formula is C23H19N3O4. The molecular weight excluding hydrogens is 382 g/mol. The number of aromatic nitrogens is 2. The number of rotatable bonds is 4. The van der Waals surface area contributed by atoms with Crippen LogP contribution in [0.4, 0.5) is 5.95 Å². The van der Waals surface area contributed by atoms with E-state index in [1.54, 1.807) is 14.2 Å². The summed E-state index contributed by atoms with van der Waals surface area (Å²) in [5.41, 5.74) is 10.3. The van der Waals surface area contributed by atoms with Crippen LogP contribution in [0.1, 0.15) is 0 Å². The van der Waals surface area contributed by atoms with Crippen LogP contribution in [-0.4, -0.2) is 31.0 Å². The molecule has 0 aliphatic carbocycles. The lowest BCUT2D eigenvalue weighted by Gasteiger charge is -2.12. The highest BCUT2D eigenvalue weighted by atomic mass is 16.7. The van der Waals surface area contributed by atoms with Crippen LogP contribution < -0.4 is 24.7 Å². The maximum Gasteiger partial charge on any atom is 0.231 e. The molecule has 0 saturated carbocycles. The van der Waals surface area contributed by atoms with E-state index in [-0.39, 0.29) is 12.7 Å². The van der Waals surface area contributed by atoms with E-state index in [4.69, 9.17) is 24.7 Å². The van der Waals surface area contributed by atoms with E-state index in [0.717, 1.165) is 39.0 Å². The molecule has 1 aliphatic heterocycles. The second-order valence-corrected chi connectivity index (χ2v) is 6.80. The smallest absolute Gasteiger partial charge is 0.231 e. The van der Waals surface area contributed by atoms with Crippen LogP contribution in [0, 0.1) is 0 Å². The minimum Gasteiger partial charge on any atom is -0.493 e.